The molecule has 0 spiro atoms. The van der Waals surface area contributed by atoms with E-state index < -0.39 is 0 Å². The van der Waals surface area contributed by atoms with Crippen LogP contribution in [0.1, 0.15) is 17.5 Å². The number of hydrogen-bond acceptors (Lipinski definition) is 1. The van der Waals surface area contributed by atoms with E-state index in [1.54, 1.807) is 0 Å². The molecule has 1 nitrogen and oxygen atoms in total. The number of alkyl halides is 1. The fourth-order valence-electron chi connectivity index (χ4n) is 1.24. The van der Waals surface area contributed by atoms with E-state index in [9.17, 15) is 0 Å². The lowest BCUT2D eigenvalue weighted by Crippen LogP contribution is -2.02. The van der Waals surface area contributed by atoms with Crippen LogP contribution in [0.15, 0.2) is 30.3 Å². The van der Waals surface area contributed by atoms with Crippen molar-refractivity contribution in [1.29, 1.82) is 0 Å². The second-order valence-electron chi connectivity index (χ2n) is 3.16. The molecule has 0 atom stereocenters. The van der Waals surface area contributed by atoms with E-state index in [4.69, 9.17) is 17.3 Å². The lowest BCUT2D eigenvalue weighted by Gasteiger charge is -1.98. The van der Waals surface area contributed by atoms with Crippen molar-refractivity contribution in [3.8, 4) is 0 Å². The lowest BCUT2D eigenvalue weighted by molar-refractivity contribution is 0.969. The molecule has 0 fully saturated rings. The van der Waals surface area contributed by atoms with Crippen molar-refractivity contribution in [2.75, 3.05) is 12.4 Å². The fourth-order valence-corrected chi connectivity index (χ4v) is 1.37. The van der Waals surface area contributed by atoms with Crippen LogP contribution in [0.4, 0.5) is 0 Å². The van der Waals surface area contributed by atoms with E-state index >= 15 is 0 Å². The van der Waals surface area contributed by atoms with Crippen LogP contribution in [0.5, 0.6) is 0 Å². The number of rotatable bonds is 5. The van der Waals surface area contributed by atoms with Gasteiger partial charge in [0.25, 0.3) is 0 Å². The van der Waals surface area contributed by atoms with Gasteiger partial charge in [-0.05, 0) is 30.5 Å². The van der Waals surface area contributed by atoms with E-state index in [1.807, 2.05) is 0 Å². The van der Waals surface area contributed by atoms with Gasteiger partial charge in [0, 0.05) is 5.88 Å². The summed E-state index contributed by atoms with van der Waals surface area (Å²) >= 11 is 5.57. The maximum absolute atomic E-state index is 5.57. The monoisotopic (exact) mass is 209 g/mol. The lowest BCUT2D eigenvalue weighted by atomic mass is 10.1. The van der Waals surface area contributed by atoms with Crippen LogP contribution in [0.25, 0.3) is 6.08 Å². The molecule has 14 heavy (non-hydrogen) atoms. The average Bonchev–Trinajstić information content (AvgIpc) is 2.21. The first kappa shape index (κ1) is 11.3. The van der Waals surface area contributed by atoms with Crippen LogP contribution < -0.4 is 5.73 Å². The highest BCUT2D eigenvalue weighted by molar-refractivity contribution is 6.17. The first-order chi connectivity index (χ1) is 6.86. The molecular formula is C12H16ClN. The summed E-state index contributed by atoms with van der Waals surface area (Å²) in [4.78, 5) is 0. The minimum absolute atomic E-state index is 0.682. The summed E-state index contributed by atoms with van der Waals surface area (Å²) in [7, 11) is 0. The van der Waals surface area contributed by atoms with Gasteiger partial charge in [-0.2, -0.15) is 0 Å². The highest BCUT2D eigenvalue weighted by Gasteiger charge is 1.90. The Labute approximate surface area is 90.6 Å². The molecule has 0 aliphatic rings. The number of benzene rings is 1. The first-order valence-electron chi connectivity index (χ1n) is 4.88. The van der Waals surface area contributed by atoms with Gasteiger partial charge in [0.1, 0.15) is 0 Å². The molecule has 2 N–H and O–H groups in total. The van der Waals surface area contributed by atoms with Gasteiger partial charge < -0.3 is 5.73 Å². The van der Waals surface area contributed by atoms with Gasteiger partial charge in [-0.15, -0.1) is 11.6 Å². The van der Waals surface area contributed by atoms with Crippen molar-refractivity contribution in [2.45, 2.75) is 12.8 Å². The van der Waals surface area contributed by atoms with E-state index in [0.717, 1.165) is 12.8 Å². The summed E-state index contributed by atoms with van der Waals surface area (Å²) in [5, 5.41) is 0. The zero-order valence-electron chi connectivity index (χ0n) is 8.25. The van der Waals surface area contributed by atoms with Gasteiger partial charge in [0.05, 0.1) is 0 Å². The van der Waals surface area contributed by atoms with Gasteiger partial charge in [-0.25, -0.2) is 0 Å². The molecule has 2 heteroatoms. The second kappa shape index (κ2) is 6.63. The Bertz CT molecular complexity index is 277. The molecule has 1 rings (SSSR count). The Morgan fingerprint density at radius 3 is 2.50 bits per heavy atom. The molecule has 0 radical (unpaired) electrons. The van der Waals surface area contributed by atoms with E-state index in [-0.39, 0.29) is 0 Å². The van der Waals surface area contributed by atoms with E-state index in [2.05, 4.69) is 36.4 Å². The predicted octanol–water partition coefficient (Wildman–Crippen LogP) is 2.83. The average molecular weight is 210 g/mol. The van der Waals surface area contributed by atoms with Crippen LogP contribution in [-0.2, 0) is 6.42 Å². The van der Waals surface area contributed by atoms with Crippen LogP contribution >= 0.6 is 11.6 Å². The summed E-state index contributed by atoms with van der Waals surface area (Å²) in [6.07, 6.45) is 6.05. The topological polar surface area (TPSA) is 26.0 Å². The summed E-state index contributed by atoms with van der Waals surface area (Å²) in [5.41, 5.74) is 7.98. The molecule has 1 aromatic rings. The van der Waals surface area contributed by atoms with Gasteiger partial charge in [-0.3, -0.25) is 0 Å². The third-order valence-electron chi connectivity index (χ3n) is 2.00. The largest absolute Gasteiger partial charge is 0.330 e. The van der Waals surface area contributed by atoms with Crippen LogP contribution in [0.3, 0.4) is 0 Å². The quantitative estimate of drug-likeness (QED) is 0.742. The van der Waals surface area contributed by atoms with Crippen LogP contribution in [0, 0.1) is 0 Å². The number of allylic oxidation sites excluding steroid dienone is 1. The Balaban J connectivity index is 2.54. The van der Waals surface area contributed by atoms with Crippen molar-refractivity contribution in [3.63, 3.8) is 0 Å². The summed E-state index contributed by atoms with van der Waals surface area (Å²) < 4.78 is 0. The fraction of sp³-hybridized carbons (Fsp3) is 0.333. The molecular weight excluding hydrogens is 194 g/mol. The molecule has 0 aliphatic carbocycles. The molecule has 0 aliphatic heterocycles. The third-order valence-corrected chi connectivity index (χ3v) is 2.22. The molecule has 0 amide bonds. The Morgan fingerprint density at radius 2 is 1.93 bits per heavy atom. The molecule has 0 bridgehead atoms. The summed E-state index contributed by atoms with van der Waals surface area (Å²) in [5.74, 6) is 0.682. The van der Waals surface area contributed by atoms with Gasteiger partial charge in [0.2, 0.25) is 0 Å². The number of hydrogen-bond donors (Lipinski definition) is 1. The zero-order valence-corrected chi connectivity index (χ0v) is 9.00. The maximum Gasteiger partial charge on any atom is 0.0258 e. The van der Waals surface area contributed by atoms with Crippen LogP contribution in [0.2, 0.25) is 0 Å². The van der Waals surface area contributed by atoms with Gasteiger partial charge in [-0.1, -0.05) is 36.4 Å². The van der Waals surface area contributed by atoms with Crippen molar-refractivity contribution >= 4 is 17.7 Å². The molecule has 0 saturated carbocycles. The smallest absolute Gasteiger partial charge is 0.0258 e. The normalized spacial score (nSPS) is 11.0. The standard InChI is InChI=1S/C12H16ClN/c13-9-2-1-3-11-4-6-12(7-5-11)8-10-14/h1,3-7H,2,8-10,14H2. The highest BCUT2D eigenvalue weighted by atomic mass is 35.5. The molecule has 1 aromatic carbocycles. The van der Waals surface area contributed by atoms with E-state index in [0.29, 0.717) is 12.4 Å². The zero-order chi connectivity index (χ0) is 10.2. The third kappa shape index (κ3) is 3.95. The number of halogens is 1. The minimum atomic E-state index is 0.682. The molecule has 76 valence electrons. The van der Waals surface area contributed by atoms with Crippen molar-refractivity contribution in [1.82, 2.24) is 0 Å². The van der Waals surface area contributed by atoms with Crippen LogP contribution in [-0.4, -0.2) is 12.4 Å². The van der Waals surface area contributed by atoms with E-state index in [1.165, 1.54) is 11.1 Å². The molecule has 0 aromatic heterocycles. The molecule has 0 saturated heterocycles. The van der Waals surface area contributed by atoms with Gasteiger partial charge in [0.15, 0.2) is 0 Å². The van der Waals surface area contributed by atoms with Gasteiger partial charge >= 0.3 is 0 Å². The maximum atomic E-state index is 5.57. The second-order valence-corrected chi connectivity index (χ2v) is 3.54. The molecule has 0 unspecified atom stereocenters. The Hall–Kier alpha value is -0.790. The highest BCUT2D eigenvalue weighted by Crippen LogP contribution is 2.07. The van der Waals surface area contributed by atoms with Crippen molar-refractivity contribution in [3.05, 3.63) is 41.5 Å². The minimum Gasteiger partial charge on any atom is -0.330 e. The summed E-state index contributed by atoms with van der Waals surface area (Å²) in [6, 6.07) is 8.45. The predicted molar refractivity (Wildman–Crippen MR) is 63.6 cm³/mol. The summed E-state index contributed by atoms with van der Waals surface area (Å²) in [6.45, 7) is 0.710. The van der Waals surface area contributed by atoms with Crippen molar-refractivity contribution in [2.24, 2.45) is 5.73 Å². The molecule has 0 heterocycles. The van der Waals surface area contributed by atoms with Crippen molar-refractivity contribution < 1.29 is 0 Å². The first-order valence-corrected chi connectivity index (χ1v) is 5.42. The Morgan fingerprint density at radius 1 is 1.21 bits per heavy atom. The Kier molecular flexibility index (Phi) is 5.35. The SMILES string of the molecule is NCCc1ccc(C=CCCCl)cc1. The number of nitrogens with two attached hydrogens (primary N) is 1.